The summed E-state index contributed by atoms with van der Waals surface area (Å²) in [5, 5.41) is 9.30. The van der Waals surface area contributed by atoms with Crippen molar-refractivity contribution < 1.29 is 23.5 Å². The van der Waals surface area contributed by atoms with Gasteiger partial charge in [0, 0.05) is 16.4 Å². The lowest BCUT2D eigenvalue weighted by Crippen LogP contribution is -2.32. The number of hydrogen-bond donors (Lipinski definition) is 3. The van der Waals surface area contributed by atoms with Crippen molar-refractivity contribution >= 4 is 46.9 Å². The number of carbonyl (C=O) groups excluding carboxylic acids is 3. The molecule has 3 N–H and O–H groups in total. The van der Waals surface area contributed by atoms with Gasteiger partial charge >= 0.3 is 11.8 Å². The number of anilines is 2. The molecule has 0 aromatic heterocycles. The Labute approximate surface area is 199 Å². The summed E-state index contributed by atoms with van der Waals surface area (Å²) in [6.07, 6.45) is 1.33. The van der Waals surface area contributed by atoms with Crippen molar-refractivity contribution in [2.24, 2.45) is 5.10 Å². The molecule has 0 saturated heterocycles. The van der Waals surface area contributed by atoms with Crippen LogP contribution in [0, 0.1) is 12.7 Å². The minimum absolute atomic E-state index is 0.196. The lowest BCUT2D eigenvalue weighted by atomic mass is 10.2. The number of nitrogens with zero attached hydrogens (tertiary/aromatic N) is 1. The largest absolute Gasteiger partial charge is 0.484 e. The minimum Gasteiger partial charge on any atom is -0.484 e. The van der Waals surface area contributed by atoms with Crippen molar-refractivity contribution in [1.29, 1.82) is 0 Å². The van der Waals surface area contributed by atoms with Crippen molar-refractivity contribution in [2.45, 2.75) is 6.92 Å². The van der Waals surface area contributed by atoms with Crippen LogP contribution < -0.4 is 20.8 Å². The smallest absolute Gasteiger partial charge is 0.329 e. The highest BCUT2D eigenvalue weighted by Gasteiger charge is 2.12. The maximum absolute atomic E-state index is 12.9. The third-order valence-electron chi connectivity index (χ3n) is 4.41. The van der Waals surface area contributed by atoms with Gasteiger partial charge in [-0.25, -0.2) is 9.82 Å². The van der Waals surface area contributed by atoms with Crippen molar-refractivity contribution in [1.82, 2.24) is 5.43 Å². The number of carbonyl (C=O) groups is 3. The molecular formula is C24H20ClFN4O4. The van der Waals surface area contributed by atoms with Gasteiger partial charge in [0.05, 0.1) is 6.21 Å². The second kappa shape index (κ2) is 11.6. The van der Waals surface area contributed by atoms with Gasteiger partial charge in [-0.15, -0.1) is 0 Å². The van der Waals surface area contributed by atoms with Crippen LogP contribution in [-0.2, 0) is 14.4 Å². The van der Waals surface area contributed by atoms with Crippen LogP contribution in [0.5, 0.6) is 5.75 Å². The molecule has 3 aromatic carbocycles. The first-order valence-electron chi connectivity index (χ1n) is 9.99. The predicted molar refractivity (Wildman–Crippen MR) is 128 cm³/mol. The first kappa shape index (κ1) is 24.4. The van der Waals surface area contributed by atoms with E-state index in [-0.39, 0.29) is 18.2 Å². The topological polar surface area (TPSA) is 109 Å². The summed E-state index contributed by atoms with van der Waals surface area (Å²) < 4.78 is 18.3. The average molecular weight is 483 g/mol. The molecule has 0 fully saturated rings. The Morgan fingerprint density at radius 1 is 0.971 bits per heavy atom. The molecule has 0 spiro atoms. The highest BCUT2D eigenvalue weighted by atomic mass is 35.5. The van der Waals surface area contributed by atoms with Crippen LogP contribution in [0.3, 0.4) is 0 Å². The Kier molecular flexibility index (Phi) is 8.31. The first-order valence-corrected chi connectivity index (χ1v) is 10.4. The number of halogens is 2. The van der Waals surface area contributed by atoms with Gasteiger partial charge in [-0.1, -0.05) is 17.7 Å². The van der Waals surface area contributed by atoms with Crippen molar-refractivity contribution in [3.8, 4) is 5.75 Å². The third kappa shape index (κ3) is 7.42. The summed E-state index contributed by atoms with van der Waals surface area (Å²) >= 11 is 5.95. The molecule has 3 amide bonds. The minimum atomic E-state index is -0.985. The monoisotopic (exact) mass is 482 g/mol. The fourth-order valence-electron chi connectivity index (χ4n) is 2.65. The van der Waals surface area contributed by atoms with E-state index in [0.717, 1.165) is 17.7 Å². The van der Waals surface area contributed by atoms with Crippen molar-refractivity contribution in [3.63, 3.8) is 0 Å². The Morgan fingerprint density at radius 3 is 2.38 bits per heavy atom. The number of rotatable bonds is 7. The van der Waals surface area contributed by atoms with Crippen molar-refractivity contribution in [2.75, 3.05) is 17.2 Å². The SMILES string of the molecule is Cc1ccc(Cl)cc1NC(=O)COc1ccc(/C=N\NC(=O)C(=O)Nc2ccc(F)cc2)cc1. The molecule has 0 aliphatic rings. The highest BCUT2D eigenvalue weighted by Crippen LogP contribution is 2.20. The van der Waals surface area contributed by atoms with E-state index < -0.39 is 17.6 Å². The summed E-state index contributed by atoms with van der Waals surface area (Å²) in [6, 6.07) is 16.7. The van der Waals surface area contributed by atoms with Gasteiger partial charge in [0.15, 0.2) is 6.61 Å². The number of aryl methyl sites for hydroxylation is 1. The van der Waals surface area contributed by atoms with E-state index in [2.05, 4.69) is 21.2 Å². The Hall–Kier alpha value is -4.24. The molecule has 0 aliphatic carbocycles. The van der Waals surface area contributed by atoms with Crippen molar-refractivity contribution in [3.05, 3.63) is 88.7 Å². The molecule has 3 rings (SSSR count). The van der Waals surface area contributed by atoms with Crippen LogP contribution in [0.15, 0.2) is 71.8 Å². The Bertz CT molecular complexity index is 1210. The number of hydrogen-bond acceptors (Lipinski definition) is 5. The van der Waals surface area contributed by atoms with Gasteiger partial charge in [0.1, 0.15) is 11.6 Å². The van der Waals surface area contributed by atoms with Gasteiger partial charge in [-0.05, 0) is 78.7 Å². The molecule has 8 nitrogen and oxygen atoms in total. The van der Waals surface area contributed by atoms with E-state index in [1.807, 2.05) is 6.92 Å². The predicted octanol–water partition coefficient (Wildman–Crippen LogP) is 3.89. The maximum atomic E-state index is 12.9. The normalized spacial score (nSPS) is 10.6. The second-order valence-electron chi connectivity index (χ2n) is 7.03. The van der Waals surface area contributed by atoms with E-state index in [9.17, 15) is 18.8 Å². The molecule has 0 heterocycles. The summed E-state index contributed by atoms with van der Waals surface area (Å²) in [5.41, 5.74) is 4.48. The fraction of sp³-hybridized carbons (Fsp3) is 0.0833. The summed E-state index contributed by atoms with van der Waals surface area (Å²) in [4.78, 5) is 35.7. The number of benzene rings is 3. The third-order valence-corrected chi connectivity index (χ3v) is 4.65. The van der Waals surface area contributed by atoms with Gasteiger partial charge in [-0.2, -0.15) is 5.10 Å². The Morgan fingerprint density at radius 2 is 1.68 bits per heavy atom. The van der Waals surface area contributed by atoms with Gasteiger partial charge in [0.2, 0.25) is 0 Å². The van der Waals surface area contributed by atoms with Crippen LogP contribution in [0.4, 0.5) is 15.8 Å². The van der Waals surface area contributed by atoms with E-state index in [4.69, 9.17) is 16.3 Å². The van der Waals surface area contributed by atoms with E-state index >= 15 is 0 Å². The standard InChI is InChI=1S/C24H20ClFN4O4/c1-15-2-5-17(25)12-21(15)29-22(31)14-34-20-10-3-16(4-11-20)13-27-30-24(33)23(32)28-19-8-6-18(26)7-9-19/h2-13H,14H2,1H3,(H,28,32)(H,29,31)(H,30,33)/b27-13-. The second-order valence-corrected chi connectivity index (χ2v) is 7.46. The number of ether oxygens (including phenoxy) is 1. The number of nitrogens with one attached hydrogen (secondary N) is 3. The van der Waals surface area contributed by atoms with Crippen LogP contribution in [0.1, 0.15) is 11.1 Å². The number of amides is 3. The zero-order valence-corrected chi connectivity index (χ0v) is 18.7. The van der Waals surface area contributed by atoms with Gasteiger partial charge in [-0.3, -0.25) is 14.4 Å². The molecule has 0 aliphatic heterocycles. The molecule has 3 aromatic rings. The Balaban J connectivity index is 1.44. The zero-order chi connectivity index (χ0) is 24.5. The van der Waals surface area contributed by atoms with Gasteiger partial charge in [0.25, 0.3) is 5.91 Å². The van der Waals surface area contributed by atoms with Crippen LogP contribution in [-0.4, -0.2) is 30.5 Å². The summed E-state index contributed by atoms with van der Waals surface area (Å²) in [6.45, 7) is 1.66. The molecule has 0 atom stereocenters. The van der Waals surface area contributed by atoms with E-state index in [0.29, 0.717) is 22.0 Å². The molecule has 0 bridgehead atoms. The molecule has 0 saturated carbocycles. The first-order chi connectivity index (χ1) is 16.3. The highest BCUT2D eigenvalue weighted by molar-refractivity contribution is 6.39. The van der Waals surface area contributed by atoms with Crippen LogP contribution >= 0.6 is 11.6 Å². The lowest BCUT2D eigenvalue weighted by Gasteiger charge is -2.10. The summed E-state index contributed by atoms with van der Waals surface area (Å²) in [5.74, 6) is -2.27. The molecule has 10 heteroatoms. The van der Waals surface area contributed by atoms with E-state index in [1.165, 1.54) is 18.3 Å². The fourth-order valence-corrected chi connectivity index (χ4v) is 2.82. The molecule has 174 valence electrons. The van der Waals surface area contributed by atoms with Crippen LogP contribution in [0.25, 0.3) is 0 Å². The van der Waals surface area contributed by atoms with Gasteiger partial charge < -0.3 is 15.4 Å². The maximum Gasteiger partial charge on any atom is 0.329 e. The molecule has 0 unspecified atom stereocenters. The summed E-state index contributed by atoms with van der Waals surface area (Å²) in [7, 11) is 0. The van der Waals surface area contributed by atoms with Crippen LogP contribution in [0.2, 0.25) is 5.02 Å². The molecular weight excluding hydrogens is 463 g/mol. The molecule has 34 heavy (non-hydrogen) atoms. The molecule has 0 radical (unpaired) electrons. The lowest BCUT2D eigenvalue weighted by molar-refractivity contribution is -0.136. The quantitative estimate of drug-likeness (QED) is 0.269. The number of hydrazone groups is 1. The zero-order valence-electron chi connectivity index (χ0n) is 18.0. The van der Waals surface area contributed by atoms with E-state index in [1.54, 1.807) is 42.5 Å². The average Bonchev–Trinajstić information content (AvgIpc) is 2.82.